The summed E-state index contributed by atoms with van der Waals surface area (Å²) in [5, 5.41) is 10.6. The number of pyridine rings is 1. The van der Waals surface area contributed by atoms with Crippen molar-refractivity contribution in [1.82, 2.24) is 4.98 Å². The van der Waals surface area contributed by atoms with E-state index < -0.39 is 17.3 Å². The van der Waals surface area contributed by atoms with E-state index in [1.165, 1.54) is 19.3 Å². The minimum Gasteiger partial charge on any atom is -0.477 e. The molecule has 0 spiro atoms. The molecule has 2 rings (SSSR count). The van der Waals surface area contributed by atoms with E-state index in [0.717, 1.165) is 16.4 Å². The summed E-state index contributed by atoms with van der Waals surface area (Å²) >= 11 is -1.37. The van der Waals surface area contributed by atoms with Gasteiger partial charge >= 0.3 is 17.3 Å². The van der Waals surface area contributed by atoms with Gasteiger partial charge in [-0.05, 0) is 12.1 Å². The van der Waals surface area contributed by atoms with Gasteiger partial charge in [-0.25, -0.2) is 14.8 Å². The zero-order valence-electron chi connectivity index (χ0n) is 9.06. The van der Waals surface area contributed by atoms with Crippen LogP contribution in [0.4, 0.5) is 5.69 Å². The second-order valence-corrected chi connectivity index (χ2v) is 4.91. The van der Waals surface area contributed by atoms with Crippen molar-refractivity contribution in [3.8, 4) is 0 Å². The third-order valence-corrected chi connectivity index (χ3v) is 3.51. The number of carbonyl (C=O) groups is 1. The largest absolute Gasteiger partial charge is 0.477 e. The summed E-state index contributed by atoms with van der Waals surface area (Å²) < 4.78 is 23.6. The maximum Gasteiger partial charge on any atom is 0.345 e. The Hall–Kier alpha value is -1.55. The fourth-order valence-corrected chi connectivity index (χ4v) is 2.44. The highest BCUT2D eigenvalue weighted by Crippen LogP contribution is 2.27. The lowest BCUT2D eigenvalue weighted by Gasteiger charge is -2.14. The van der Waals surface area contributed by atoms with Crippen LogP contribution in [0.25, 0.3) is 10.2 Å². The van der Waals surface area contributed by atoms with Crippen LogP contribution in [0.15, 0.2) is 18.3 Å². The van der Waals surface area contributed by atoms with Gasteiger partial charge in [-0.2, -0.15) is 4.21 Å². The number of thiophene rings is 1. The Balaban J connectivity index is 2.37. The standard InChI is InChI=1S/C9H8N2O5S2/c1-11(16-18(14)15)6-2-5-3-7(9(12)13)17-8(5)10-4-6/h2-4H,1H3,(H,12,13)(H,14,15). The Bertz CT molecular complexity index is 626. The van der Waals surface area contributed by atoms with Gasteiger partial charge in [0.1, 0.15) is 9.71 Å². The molecule has 0 saturated heterocycles. The number of carboxylic acids is 1. The summed E-state index contributed by atoms with van der Waals surface area (Å²) in [7, 11) is 1.45. The third kappa shape index (κ3) is 2.64. The highest BCUT2D eigenvalue weighted by atomic mass is 32.2. The number of aromatic nitrogens is 1. The molecule has 1 atom stereocenters. The van der Waals surface area contributed by atoms with Crippen LogP contribution < -0.4 is 5.06 Å². The van der Waals surface area contributed by atoms with Gasteiger partial charge in [0.05, 0.1) is 11.9 Å². The molecule has 2 aromatic heterocycles. The first-order valence-electron chi connectivity index (χ1n) is 4.63. The average molecular weight is 288 g/mol. The molecule has 1 unspecified atom stereocenters. The predicted octanol–water partition coefficient (Wildman–Crippen LogP) is 1.50. The molecule has 9 heteroatoms. The highest BCUT2D eigenvalue weighted by molar-refractivity contribution is 7.74. The minimum atomic E-state index is -2.43. The first-order chi connectivity index (χ1) is 8.47. The summed E-state index contributed by atoms with van der Waals surface area (Å²) in [6.45, 7) is 0. The normalized spacial score (nSPS) is 12.6. The molecule has 0 aliphatic carbocycles. The Morgan fingerprint density at radius 2 is 2.28 bits per heavy atom. The number of carboxylic acid groups (broad SMARTS) is 1. The van der Waals surface area contributed by atoms with Crippen molar-refractivity contribution >= 4 is 44.6 Å². The van der Waals surface area contributed by atoms with Crippen LogP contribution in [0, 0.1) is 0 Å². The summed E-state index contributed by atoms with van der Waals surface area (Å²) in [4.78, 5) is 15.6. The smallest absolute Gasteiger partial charge is 0.345 e. The van der Waals surface area contributed by atoms with Crippen molar-refractivity contribution in [2.75, 3.05) is 12.1 Å². The van der Waals surface area contributed by atoms with Crippen LogP contribution in [0.2, 0.25) is 0 Å². The molecule has 0 bridgehead atoms. The second-order valence-electron chi connectivity index (χ2n) is 3.29. The monoisotopic (exact) mass is 288 g/mol. The van der Waals surface area contributed by atoms with E-state index in [4.69, 9.17) is 9.66 Å². The summed E-state index contributed by atoms with van der Waals surface area (Å²) in [6, 6.07) is 3.11. The zero-order chi connectivity index (χ0) is 13.3. The van der Waals surface area contributed by atoms with Gasteiger partial charge in [-0.1, -0.05) is 0 Å². The number of hydrogen-bond acceptors (Lipinski definition) is 6. The van der Waals surface area contributed by atoms with Crippen molar-refractivity contribution in [3.63, 3.8) is 0 Å². The fraction of sp³-hybridized carbons (Fsp3) is 0.111. The van der Waals surface area contributed by atoms with Gasteiger partial charge in [0, 0.05) is 12.4 Å². The molecular weight excluding hydrogens is 280 g/mol. The molecule has 7 nitrogen and oxygen atoms in total. The summed E-state index contributed by atoms with van der Waals surface area (Å²) in [5.41, 5.74) is 0.444. The zero-order valence-corrected chi connectivity index (χ0v) is 10.7. The number of rotatable bonds is 4. The van der Waals surface area contributed by atoms with E-state index in [1.807, 2.05) is 0 Å². The van der Waals surface area contributed by atoms with E-state index in [2.05, 4.69) is 9.27 Å². The Morgan fingerprint density at radius 1 is 1.56 bits per heavy atom. The molecule has 96 valence electrons. The van der Waals surface area contributed by atoms with Crippen molar-refractivity contribution in [3.05, 3.63) is 23.2 Å². The Labute approximate surface area is 108 Å². The maximum atomic E-state index is 10.8. The van der Waals surface area contributed by atoms with Crippen LogP contribution in [-0.4, -0.2) is 31.9 Å². The second kappa shape index (κ2) is 4.98. The fourth-order valence-electron chi connectivity index (χ4n) is 1.34. The number of fused-ring (bicyclic) bond motifs is 1. The highest BCUT2D eigenvalue weighted by Gasteiger charge is 2.12. The Kier molecular flexibility index (Phi) is 3.57. The molecule has 18 heavy (non-hydrogen) atoms. The third-order valence-electron chi connectivity index (χ3n) is 2.11. The molecule has 0 aliphatic heterocycles. The molecule has 2 heterocycles. The topological polar surface area (TPSA) is 100.0 Å². The van der Waals surface area contributed by atoms with Crippen LogP contribution in [-0.2, 0) is 15.6 Å². The molecule has 2 aromatic rings. The van der Waals surface area contributed by atoms with E-state index in [-0.39, 0.29) is 4.88 Å². The Morgan fingerprint density at radius 3 is 2.89 bits per heavy atom. The average Bonchev–Trinajstić information content (AvgIpc) is 2.70. The first-order valence-corrected chi connectivity index (χ1v) is 6.48. The minimum absolute atomic E-state index is 0.184. The van der Waals surface area contributed by atoms with Crippen LogP contribution in [0.5, 0.6) is 0 Å². The molecule has 0 radical (unpaired) electrons. The van der Waals surface area contributed by atoms with Crippen LogP contribution in [0.3, 0.4) is 0 Å². The van der Waals surface area contributed by atoms with Gasteiger partial charge in [-0.3, -0.25) is 4.55 Å². The molecular formula is C9H8N2O5S2. The molecule has 0 saturated carbocycles. The van der Waals surface area contributed by atoms with Crippen molar-refractivity contribution in [2.45, 2.75) is 0 Å². The predicted molar refractivity (Wildman–Crippen MR) is 66.8 cm³/mol. The number of hydrogen-bond donors (Lipinski definition) is 2. The van der Waals surface area contributed by atoms with Crippen molar-refractivity contribution < 1.29 is 22.9 Å². The van der Waals surface area contributed by atoms with E-state index in [9.17, 15) is 9.00 Å². The van der Waals surface area contributed by atoms with E-state index in [1.54, 1.807) is 6.07 Å². The van der Waals surface area contributed by atoms with Gasteiger partial charge < -0.3 is 5.11 Å². The number of nitrogens with zero attached hydrogens (tertiary/aromatic N) is 2. The number of aromatic carboxylic acids is 1. The molecule has 0 fully saturated rings. The summed E-state index contributed by atoms with van der Waals surface area (Å²) in [6.07, 6.45) is 1.43. The van der Waals surface area contributed by atoms with Crippen molar-refractivity contribution in [1.29, 1.82) is 0 Å². The van der Waals surface area contributed by atoms with Gasteiger partial charge in [0.2, 0.25) is 0 Å². The molecule has 0 amide bonds. The lowest BCUT2D eigenvalue weighted by Crippen LogP contribution is -2.18. The van der Waals surface area contributed by atoms with Gasteiger partial charge in [0.25, 0.3) is 0 Å². The molecule has 2 N–H and O–H groups in total. The van der Waals surface area contributed by atoms with Gasteiger partial charge in [0.15, 0.2) is 0 Å². The van der Waals surface area contributed by atoms with Crippen LogP contribution >= 0.6 is 11.3 Å². The lowest BCUT2D eigenvalue weighted by molar-refractivity contribution is 0.0702. The first kappa shape index (κ1) is 12.9. The van der Waals surface area contributed by atoms with Crippen molar-refractivity contribution in [2.24, 2.45) is 0 Å². The molecule has 0 aromatic carbocycles. The molecule has 0 aliphatic rings. The van der Waals surface area contributed by atoms with E-state index in [0.29, 0.717) is 15.9 Å². The van der Waals surface area contributed by atoms with E-state index >= 15 is 0 Å². The quantitative estimate of drug-likeness (QED) is 0.649. The lowest BCUT2D eigenvalue weighted by atomic mass is 10.3. The van der Waals surface area contributed by atoms with Crippen LogP contribution in [0.1, 0.15) is 9.67 Å². The number of anilines is 1. The summed E-state index contributed by atoms with van der Waals surface area (Å²) in [5.74, 6) is -1.01. The van der Waals surface area contributed by atoms with Gasteiger partial charge in [-0.15, -0.1) is 15.6 Å². The SMILES string of the molecule is CN(OS(=O)O)c1cnc2sc(C(=O)O)cc2c1. The maximum absolute atomic E-state index is 10.8. The number of hydroxylamine groups is 1.